The van der Waals surface area contributed by atoms with Crippen molar-refractivity contribution in [3.8, 4) is 5.75 Å². The van der Waals surface area contributed by atoms with Crippen LogP contribution in [-0.4, -0.2) is 11.8 Å². The second-order valence-electron chi connectivity index (χ2n) is 3.66. The Morgan fingerprint density at radius 1 is 1.33 bits per heavy atom. The maximum Gasteiger partial charge on any atom is 0.345 e. The fourth-order valence-corrected chi connectivity index (χ4v) is 1.87. The molecule has 15 heavy (non-hydrogen) atoms. The van der Waals surface area contributed by atoms with Crippen molar-refractivity contribution in [3.63, 3.8) is 0 Å². The molecule has 0 bridgehead atoms. The molecule has 1 aliphatic heterocycles. The Balaban J connectivity index is 2.60. The van der Waals surface area contributed by atoms with E-state index in [4.69, 9.17) is 9.47 Å². The van der Waals surface area contributed by atoms with Crippen LogP contribution in [-0.2, 0) is 4.74 Å². The zero-order valence-corrected chi connectivity index (χ0v) is 9.72. The average molecular weight is 275 g/mol. The number of esters is 1. The minimum atomic E-state index is -1.02. The average Bonchev–Trinajstić information content (AvgIpc) is 2.06. The van der Waals surface area contributed by atoms with Gasteiger partial charge in [0, 0.05) is 13.8 Å². The third-order valence-corrected chi connectivity index (χ3v) is 2.50. The number of cyclic esters (lactones) is 1. The number of hydrogen-bond acceptors (Lipinski definition) is 3. The van der Waals surface area contributed by atoms with Gasteiger partial charge in [-0.2, -0.15) is 0 Å². The van der Waals surface area contributed by atoms with Crippen molar-refractivity contribution in [2.24, 2.45) is 0 Å². The van der Waals surface area contributed by atoms with E-state index in [1.54, 1.807) is 13.8 Å². The van der Waals surface area contributed by atoms with E-state index in [2.05, 4.69) is 15.9 Å². The molecule has 1 aliphatic rings. The lowest BCUT2D eigenvalue weighted by Crippen LogP contribution is -2.39. The van der Waals surface area contributed by atoms with Crippen molar-refractivity contribution in [2.45, 2.75) is 19.6 Å². The van der Waals surface area contributed by atoms with Crippen LogP contribution in [0.4, 0.5) is 4.39 Å². The Morgan fingerprint density at radius 3 is 2.67 bits per heavy atom. The van der Waals surface area contributed by atoms with Gasteiger partial charge in [-0.25, -0.2) is 9.18 Å². The molecule has 0 fully saturated rings. The van der Waals surface area contributed by atoms with E-state index in [1.807, 2.05) is 0 Å². The Labute approximate surface area is 94.3 Å². The van der Waals surface area contributed by atoms with Gasteiger partial charge in [0.1, 0.15) is 11.4 Å². The second-order valence-corrected chi connectivity index (χ2v) is 4.51. The first-order valence-corrected chi connectivity index (χ1v) is 5.10. The summed E-state index contributed by atoms with van der Waals surface area (Å²) in [6.07, 6.45) is 0. The quantitative estimate of drug-likeness (QED) is 0.683. The molecule has 0 saturated heterocycles. The number of halogens is 2. The Hall–Kier alpha value is -1.10. The second kappa shape index (κ2) is 3.20. The van der Waals surface area contributed by atoms with Gasteiger partial charge >= 0.3 is 5.97 Å². The molecule has 2 rings (SSSR count). The number of benzene rings is 1. The van der Waals surface area contributed by atoms with Crippen LogP contribution in [0.25, 0.3) is 0 Å². The highest BCUT2D eigenvalue weighted by Gasteiger charge is 2.35. The zero-order chi connectivity index (χ0) is 11.2. The van der Waals surface area contributed by atoms with Gasteiger partial charge < -0.3 is 9.47 Å². The van der Waals surface area contributed by atoms with E-state index >= 15 is 0 Å². The molecule has 0 unspecified atom stereocenters. The van der Waals surface area contributed by atoms with Crippen molar-refractivity contribution in [2.75, 3.05) is 0 Å². The highest BCUT2D eigenvalue weighted by atomic mass is 79.9. The number of hydrogen-bond donors (Lipinski definition) is 0. The van der Waals surface area contributed by atoms with Gasteiger partial charge in [-0.3, -0.25) is 0 Å². The first kappa shape index (κ1) is 10.4. The molecular formula is C10H8BrFO3. The summed E-state index contributed by atoms with van der Waals surface area (Å²) in [6.45, 7) is 3.23. The number of rotatable bonds is 0. The Bertz CT molecular complexity index is 443. The van der Waals surface area contributed by atoms with E-state index < -0.39 is 17.6 Å². The summed E-state index contributed by atoms with van der Waals surface area (Å²) in [7, 11) is 0. The SMILES string of the molecule is CC1(C)OC(=O)c2cc(F)cc(Br)c2O1. The predicted molar refractivity (Wildman–Crippen MR) is 54.2 cm³/mol. The van der Waals surface area contributed by atoms with Gasteiger partial charge in [0.15, 0.2) is 5.75 Å². The summed E-state index contributed by atoms with van der Waals surface area (Å²) < 4.78 is 23.8. The Kier molecular flexibility index (Phi) is 2.22. The standard InChI is InChI=1S/C10H8BrFO3/c1-10(2)14-8-6(9(13)15-10)3-5(12)4-7(8)11/h3-4H,1-2H3. The minimum Gasteiger partial charge on any atom is -0.451 e. The first-order chi connectivity index (χ1) is 6.89. The largest absolute Gasteiger partial charge is 0.451 e. The highest BCUT2D eigenvalue weighted by Crippen LogP contribution is 2.37. The van der Waals surface area contributed by atoms with Crippen LogP contribution in [0, 0.1) is 5.82 Å². The predicted octanol–water partition coefficient (Wildman–Crippen LogP) is 2.87. The molecule has 80 valence electrons. The van der Waals surface area contributed by atoms with Crippen molar-refractivity contribution in [1.82, 2.24) is 0 Å². The molecular weight excluding hydrogens is 267 g/mol. The smallest absolute Gasteiger partial charge is 0.345 e. The third-order valence-electron chi connectivity index (χ3n) is 1.91. The number of carbonyl (C=O) groups excluding carboxylic acids is 1. The van der Waals surface area contributed by atoms with Gasteiger partial charge in [0.25, 0.3) is 0 Å². The third kappa shape index (κ3) is 1.84. The molecule has 0 N–H and O–H groups in total. The number of fused-ring (bicyclic) bond motifs is 1. The minimum absolute atomic E-state index is 0.0983. The summed E-state index contributed by atoms with van der Waals surface area (Å²) >= 11 is 3.14. The van der Waals surface area contributed by atoms with Gasteiger partial charge in [0.2, 0.25) is 5.79 Å². The van der Waals surface area contributed by atoms with Crippen LogP contribution in [0.3, 0.4) is 0 Å². The summed E-state index contributed by atoms with van der Waals surface area (Å²) in [4.78, 5) is 11.5. The van der Waals surface area contributed by atoms with Crippen molar-refractivity contribution in [3.05, 3.63) is 28.0 Å². The van der Waals surface area contributed by atoms with Crippen molar-refractivity contribution in [1.29, 1.82) is 0 Å². The van der Waals surface area contributed by atoms with E-state index in [0.29, 0.717) is 10.2 Å². The molecule has 1 aromatic carbocycles. The number of carbonyl (C=O) groups is 1. The molecule has 0 atom stereocenters. The van der Waals surface area contributed by atoms with E-state index in [0.717, 1.165) is 6.07 Å². The lowest BCUT2D eigenvalue weighted by molar-refractivity contribution is -0.127. The van der Waals surface area contributed by atoms with Crippen molar-refractivity contribution >= 4 is 21.9 Å². The van der Waals surface area contributed by atoms with Gasteiger partial charge in [0.05, 0.1) is 4.47 Å². The van der Waals surface area contributed by atoms with Gasteiger partial charge in [-0.05, 0) is 28.1 Å². The van der Waals surface area contributed by atoms with E-state index in [-0.39, 0.29) is 5.56 Å². The molecule has 0 amide bonds. The van der Waals surface area contributed by atoms with Gasteiger partial charge in [-0.1, -0.05) is 0 Å². The Morgan fingerprint density at radius 2 is 2.00 bits per heavy atom. The van der Waals surface area contributed by atoms with Crippen LogP contribution in [0.5, 0.6) is 5.75 Å². The normalized spacial score (nSPS) is 17.7. The van der Waals surface area contributed by atoms with Crippen LogP contribution < -0.4 is 4.74 Å². The lowest BCUT2D eigenvalue weighted by atomic mass is 10.1. The van der Waals surface area contributed by atoms with Crippen LogP contribution in [0.1, 0.15) is 24.2 Å². The maximum absolute atomic E-state index is 13.0. The first-order valence-electron chi connectivity index (χ1n) is 4.30. The molecule has 5 heteroatoms. The van der Waals surface area contributed by atoms with E-state index in [1.165, 1.54) is 6.07 Å². The molecule has 0 spiro atoms. The zero-order valence-electron chi connectivity index (χ0n) is 8.14. The fraction of sp³-hybridized carbons (Fsp3) is 0.300. The van der Waals surface area contributed by atoms with Crippen LogP contribution in [0.15, 0.2) is 16.6 Å². The van der Waals surface area contributed by atoms with Crippen LogP contribution in [0.2, 0.25) is 0 Å². The summed E-state index contributed by atoms with van der Waals surface area (Å²) in [5.74, 6) is -1.80. The van der Waals surface area contributed by atoms with Crippen molar-refractivity contribution < 1.29 is 18.7 Å². The molecule has 1 heterocycles. The highest BCUT2D eigenvalue weighted by molar-refractivity contribution is 9.10. The molecule has 0 aromatic heterocycles. The molecule has 0 radical (unpaired) electrons. The monoisotopic (exact) mass is 274 g/mol. The lowest BCUT2D eigenvalue weighted by Gasteiger charge is -2.32. The summed E-state index contributed by atoms with van der Waals surface area (Å²) in [6, 6.07) is 2.34. The van der Waals surface area contributed by atoms with E-state index in [9.17, 15) is 9.18 Å². The summed E-state index contributed by atoms with van der Waals surface area (Å²) in [5, 5.41) is 0. The topological polar surface area (TPSA) is 35.5 Å². The fourth-order valence-electron chi connectivity index (χ4n) is 1.36. The maximum atomic E-state index is 13.0. The molecule has 3 nitrogen and oxygen atoms in total. The molecule has 1 aromatic rings. The number of ether oxygens (including phenoxy) is 2. The summed E-state index contributed by atoms with van der Waals surface area (Å²) in [5.41, 5.74) is 0.0983. The van der Waals surface area contributed by atoms with Gasteiger partial charge in [-0.15, -0.1) is 0 Å². The van der Waals surface area contributed by atoms with Crippen LogP contribution >= 0.6 is 15.9 Å². The molecule has 0 saturated carbocycles. The molecule has 0 aliphatic carbocycles.